The minimum absolute atomic E-state index is 0.00885. The van der Waals surface area contributed by atoms with E-state index >= 15 is 0 Å². The van der Waals surface area contributed by atoms with E-state index in [-0.39, 0.29) is 25.8 Å². The third-order valence-electron chi connectivity index (χ3n) is 5.13. The molecule has 0 spiro atoms. The van der Waals surface area contributed by atoms with Crippen molar-refractivity contribution in [1.82, 2.24) is 15.5 Å². The second kappa shape index (κ2) is 9.56. The Bertz CT molecular complexity index is 1010. The molecule has 168 valence electrons. The molecule has 32 heavy (non-hydrogen) atoms. The van der Waals surface area contributed by atoms with Gasteiger partial charge < -0.3 is 34.5 Å². The van der Waals surface area contributed by atoms with E-state index in [1.165, 1.54) is 4.90 Å². The molecule has 2 N–H and O–H groups in total. The number of nitrogens with one attached hydrogen (secondary N) is 2. The van der Waals surface area contributed by atoms with Gasteiger partial charge in [0.25, 0.3) is 5.91 Å². The highest BCUT2D eigenvalue weighted by molar-refractivity contribution is 6.35. The molecule has 0 aromatic heterocycles. The molecule has 2 aliphatic rings. The third-order valence-corrected chi connectivity index (χ3v) is 5.13. The van der Waals surface area contributed by atoms with Crippen molar-refractivity contribution in [3.63, 3.8) is 0 Å². The molecular weight excluding hydrogens is 418 g/mol. The zero-order valence-corrected chi connectivity index (χ0v) is 17.5. The fourth-order valence-electron chi connectivity index (χ4n) is 3.38. The Hall–Kier alpha value is -3.79. The highest BCUT2D eigenvalue weighted by atomic mass is 16.7. The molecule has 0 aliphatic carbocycles. The standard InChI is InChI=1S/C22H23N3O7/c1-29-16-5-2-14(3-6-16)11-23-20(26)21(27)24-12-19-25(8-9-30-19)22(28)15-4-7-17-18(10-15)32-13-31-17/h2-7,10,19H,8-9,11-13H2,1H3,(H,23,26)(H,24,27)/t19-/m1/s1. The van der Waals surface area contributed by atoms with Gasteiger partial charge in [-0.3, -0.25) is 14.4 Å². The van der Waals surface area contributed by atoms with E-state index in [2.05, 4.69) is 10.6 Å². The number of hydrogen-bond acceptors (Lipinski definition) is 7. The largest absolute Gasteiger partial charge is 0.497 e. The molecule has 0 radical (unpaired) electrons. The smallest absolute Gasteiger partial charge is 0.309 e. The summed E-state index contributed by atoms with van der Waals surface area (Å²) in [5.41, 5.74) is 1.25. The molecule has 2 aromatic rings. The molecule has 4 rings (SSSR count). The van der Waals surface area contributed by atoms with Crippen LogP contribution in [0.3, 0.4) is 0 Å². The van der Waals surface area contributed by atoms with Crippen molar-refractivity contribution in [2.75, 3.05) is 33.6 Å². The Morgan fingerprint density at radius 2 is 1.78 bits per heavy atom. The van der Waals surface area contributed by atoms with Crippen molar-refractivity contribution in [2.45, 2.75) is 12.8 Å². The summed E-state index contributed by atoms with van der Waals surface area (Å²) in [6.45, 7) is 1.02. The number of benzene rings is 2. The molecule has 2 aliphatic heterocycles. The number of carbonyl (C=O) groups is 3. The fraction of sp³-hybridized carbons (Fsp3) is 0.318. The van der Waals surface area contributed by atoms with E-state index in [4.69, 9.17) is 18.9 Å². The van der Waals surface area contributed by atoms with Crippen LogP contribution in [0.25, 0.3) is 0 Å². The molecule has 1 saturated heterocycles. The molecule has 0 unspecified atom stereocenters. The second-order valence-corrected chi connectivity index (χ2v) is 7.13. The molecule has 0 saturated carbocycles. The lowest BCUT2D eigenvalue weighted by atomic mass is 10.1. The van der Waals surface area contributed by atoms with Gasteiger partial charge in [0.05, 0.1) is 20.3 Å². The Morgan fingerprint density at radius 3 is 2.56 bits per heavy atom. The van der Waals surface area contributed by atoms with Gasteiger partial charge in [-0.15, -0.1) is 0 Å². The fourth-order valence-corrected chi connectivity index (χ4v) is 3.38. The lowest BCUT2D eigenvalue weighted by Crippen LogP contribution is -2.47. The Labute approximate surface area is 184 Å². The van der Waals surface area contributed by atoms with Gasteiger partial charge in [0.15, 0.2) is 11.5 Å². The number of fused-ring (bicyclic) bond motifs is 1. The summed E-state index contributed by atoms with van der Waals surface area (Å²) in [7, 11) is 1.57. The van der Waals surface area contributed by atoms with Gasteiger partial charge >= 0.3 is 11.8 Å². The summed E-state index contributed by atoms with van der Waals surface area (Å²) in [5, 5.41) is 5.08. The van der Waals surface area contributed by atoms with Gasteiger partial charge in [-0.2, -0.15) is 0 Å². The zero-order chi connectivity index (χ0) is 22.5. The van der Waals surface area contributed by atoms with E-state index in [1.54, 1.807) is 49.6 Å². The molecule has 10 heteroatoms. The minimum Gasteiger partial charge on any atom is -0.497 e. The maximum atomic E-state index is 12.9. The van der Waals surface area contributed by atoms with E-state index in [0.29, 0.717) is 36.0 Å². The van der Waals surface area contributed by atoms with Crippen LogP contribution >= 0.6 is 0 Å². The van der Waals surface area contributed by atoms with Gasteiger partial charge in [0.1, 0.15) is 12.0 Å². The van der Waals surface area contributed by atoms with E-state index in [0.717, 1.165) is 5.56 Å². The minimum atomic E-state index is -0.801. The lowest BCUT2D eigenvalue weighted by molar-refractivity contribution is -0.139. The van der Waals surface area contributed by atoms with Gasteiger partial charge in [0.2, 0.25) is 6.79 Å². The van der Waals surface area contributed by atoms with Crippen LogP contribution in [0.15, 0.2) is 42.5 Å². The highest BCUT2D eigenvalue weighted by Gasteiger charge is 2.32. The summed E-state index contributed by atoms with van der Waals surface area (Å²) in [6.07, 6.45) is -0.675. The van der Waals surface area contributed by atoms with Gasteiger partial charge in [-0.25, -0.2) is 0 Å². The van der Waals surface area contributed by atoms with Crippen LogP contribution in [0.5, 0.6) is 17.2 Å². The summed E-state index contributed by atoms with van der Waals surface area (Å²) in [5.74, 6) is -0.0340. The third kappa shape index (κ3) is 4.75. The molecule has 1 atom stereocenters. The quantitative estimate of drug-likeness (QED) is 0.633. The van der Waals surface area contributed by atoms with Crippen LogP contribution < -0.4 is 24.8 Å². The summed E-state index contributed by atoms with van der Waals surface area (Å²) >= 11 is 0. The van der Waals surface area contributed by atoms with Crippen molar-refractivity contribution in [3.8, 4) is 17.2 Å². The van der Waals surface area contributed by atoms with E-state index in [1.807, 2.05) is 0 Å². The number of hydrogen-bond donors (Lipinski definition) is 2. The van der Waals surface area contributed by atoms with Crippen LogP contribution in [0, 0.1) is 0 Å². The molecule has 1 fully saturated rings. The molecule has 10 nitrogen and oxygen atoms in total. The number of methoxy groups -OCH3 is 1. The molecule has 2 aromatic carbocycles. The second-order valence-electron chi connectivity index (χ2n) is 7.13. The Balaban J connectivity index is 1.27. The summed E-state index contributed by atoms with van der Waals surface area (Å²) in [6, 6.07) is 12.1. The van der Waals surface area contributed by atoms with Crippen molar-refractivity contribution >= 4 is 17.7 Å². The average molecular weight is 441 g/mol. The van der Waals surface area contributed by atoms with Crippen LogP contribution in [-0.4, -0.2) is 62.4 Å². The van der Waals surface area contributed by atoms with Crippen LogP contribution in [0.2, 0.25) is 0 Å². The number of nitrogens with zero attached hydrogens (tertiary/aromatic N) is 1. The first-order valence-corrected chi connectivity index (χ1v) is 10.1. The van der Waals surface area contributed by atoms with Crippen LogP contribution in [-0.2, 0) is 20.9 Å². The van der Waals surface area contributed by atoms with Gasteiger partial charge in [-0.1, -0.05) is 12.1 Å². The first-order valence-electron chi connectivity index (χ1n) is 10.1. The summed E-state index contributed by atoms with van der Waals surface area (Å²) in [4.78, 5) is 38.7. The highest BCUT2D eigenvalue weighted by Crippen LogP contribution is 2.33. The number of rotatable bonds is 6. The lowest BCUT2D eigenvalue weighted by Gasteiger charge is -2.23. The van der Waals surface area contributed by atoms with Gasteiger partial charge in [-0.05, 0) is 35.9 Å². The number of ether oxygens (including phenoxy) is 4. The van der Waals surface area contributed by atoms with Crippen molar-refractivity contribution in [3.05, 3.63) is 53.6 Å². The topological polar surface area (TPSA) is 115 Å². The van der Waals surface area contributed by atoms with Crippen LogP contribution in [0.1, 0.15) is 15.9 Å². The van der Waals surface area contributed by atoms with E-state index < -0.39 is 18.0 Å². The monoisotopic (exact) mass is 441 g/mol. The Morgan fingerprint density at radius 1 is 1.03 bits per heavy atom. The molecular formula is C22H23N3O7. The van der Waals surface area contributed by atoms with Crippen LogP contribution in [0.4, 0.5) is 0 Å². The normalized spacial score (nSPS) is 16.5. The Kier molecular flexibility index (Phi) is 6.41. The SMILES string of the molecule is COc1ccc(CNC(=O)C(=O)NC[C@H]2OCCN2C(=O)c2ccc3c(c2)OCO3)cc1. The first-order chi connectivity index (χ1) is 15.5. The first kappa shape index (κ1) is 21.4. The summed E-state index contributed by atoms with van der Waals surface area (Å²) < 4.78 is 21.2. The predicted octanol–water partition coefficient (Wildman–Crippen LogP) is 0.655. The number of amides is 3. The van der Waals surface area contributed by atoms with Gasteiger partial charge in [0, 0.05) is 18.7 Å². The molecule has 0 bridgehead atoms. The maximum absolute atomic E-state index is 12.9. The molecule has 2 heterocycles. The maximum Gasteiger partial charge on any atom is 0.309 e. The zero-order valence-electron chi connectivity index (χ0n) is 17.5. The predicted molar refractivity (Wildman–Crippen MR) is 111 cm³/mol. The van der Waals surface area contributed by atoms with E-state index in [9.17, 15) is 14.4 Å². The molecule has 3 amide bonds. The van der Waals surface area contributed by atoms with Crippen molar-refractivity contribution < 1.29 is 33.3 Å². The average Bonchev–Trinajstić information content (AvgIpc) is 3.49. The van der Waals surface area contributed by atoms with Crippen molar-refractivity contribution in [2.24, 2.45) is 0 Å². The van der Waals surface area contributed by atoms with Crippen molar-refractivity contribution in [1.29, 1.82) is 0 Å². The number of carbonyl (C=O) groups excluding carboxylic acids is 3.